The van der Waals surface area contributed by atoms with E-state index in [9.17, 15) is 4.79 Å². The second-order valence-corrected chi connectivity index (χ2v) is 7.28. The number of aryl methyl sites for hydroxylation is 2. The van der Waals surface area contributed by atoms with Gasteiger partial charge in [-0.1, -0.05) is 19.1 Å². The Labute approximate surface area is 156 Å². The predicted molar refractivity (Wildman–Crippen MR) is 102 cm³/mol. The topological polar surface area (TPSA) is 84.7 Å². The molecule has 0 bridgehead atoms. The lowest BCUT2D eigenvalue weighted by atomic mass is 10.2. The number of hydrogen-bond donors (Lipinski definition) is 2. The Kier molecular flexibility index (Phi) is 5.62. The van der Waals surface area contributed by atoms with E-state index in [4.69, 9.17) is 0 Å². The third kappa shape index (κ3) is 4.45. The Morgan fingerprint density at radius 1 is 1.35 bits per heavy atom. The minimum Gasteiger partial charge on any atom is -0.329 e. The Hall–Kier alpha value is -2.74. The van der Waals surface area contributed by atoms with Crippen molar-refractivity contribution in [1.29, 1.82) is 0 Å². The molecule has 0 spiro atoms. The van der Waals surface area contributed by atoms with Crippen LogP contribution in [0.3, 0.4) is 0 Å². The molecule has 0 fully saturated rings. The fourth-order valence-electron chi connectivity index (χ4n) is 2.56. The summed E-state index contributed by atoms with van der Waals surface area (Å²) in [5.74, 6) is 0. The highest BCUT2D eigenvalue weighted by molar-refractivity contribution is 7.11. The van der Waals surface area contributed by atoms with Crippen molar-refractivity contribution < 1.29 is 4.79 Å². The standard InChI is InChI=1S/C18H22N6OS/c1-4-16(17-21-12(2)13(3)26-17)23-18(25)22-15-7-5-6-14(8-15)9-24-11-19-10-20-24/h5-8,10-11,16H,4,9H2,1-3H3,(H2,22,23,25). The van der Waals surface area contributed by atoms with E-state index in [-0.39, 0.29) is 12.1 Å². The van der Waals surface area contributed by atoms with Crippen molar-refractivity contribution in [2.45, 2.75) is 39.8 Å². The first-order valence-corrected chi connectivity index (χ1v) is 9.29. The summed E-state index contributed by atoms with van der Waals surface area (Å²) in [6, 6.07) is 7.36. The van der Waals surface area contributed by atoms with Gasteiger partial charge in [0.05, 0.1) is 18.3 Å². The summed E-state index contributed by atoms with van der Waals surface area (Å²) in [5.41, 5.74) is 2.79. The normalized spacial score (nSPS) is 12.0. The van der Waals surface area contributed by atoms with Crippen molar-refractivity contribution in [3.05, 3.63) is 58.1 Å². The summed E-state index contributed by atoms with van der Waals surface area (Å²) < 4.78 is 1.74. The molecule has 3 aromatic rings. The van der Waals surface area contributed by atoms with Gasteiger partial charge in [0, 0.05) is 10.6 Å². The maximum absolute atomic E-state index is 12.4. The van der Waals surface area contributed by atoms with E-state index in [2.05, 4.69) is 25.7 Å². The number of carbonyl (C=O) groups excluding carboxylic acids is 1. The number of rotatable bonds is 6. The first kappa shape index (κ1) is 18.1. The van der Waals surface area contributed by atoms with Gasteiger partial charge in [0.2, 0.25) is 0 Å². The van der Waals surface area contributed by atoms with Gasteiger partial charge in [-0.25, -0.2) is 19.4 Å². The average Bonchev–Trinajstić information content (AvgIpc) is 3.23. The summed E-state index contributed by atoms with van der Waals surface area (Å²) in [7, 11) is 0. The van der Waals surface area contributed by atoms with Gasteiger partial charge in [0.15, 0.2) is 0 Å². The molecule has 0 saturated heterocycles. The highest BCUT2D eigenvalue weighted by Gasteiger charge is 2.17. The van der Waals surface area contributed by atoms with Crippen molar-refractivity contribution in [3.63, 3.8) is 0 Å². The molecule has 8 heteroatoms. The highest BCUT2D eigenvalue weighted by atomic mass is 32.1. The van der Waals surface area contributed by atoms with Crippen LogP contribution in [0.5, 0.6) is 0 Å². The monoisotopic (exact) mass is 370 g/mol. The second-order valence-electron chi connectivity index (χ2n) is 6.05. The fraction of sp³-hybridized carbons (Fsp3) is 0.333. The van der Waals surface area contributed by atoms with Gasteiger partial charge in [-0.3, -0.25) is 0 Å². The van der Waals surface area contributed by atoms with Gasteiger partial charge in [0.25, 0.3) is 0 Å². The van der Waals surface area contributed by atoms with Crippen LogP contribution in [0.2, 0.25) is 0 Å². The molecule has 0 aliphatic rings. The number of amides is 2. The Balaban J connectivity index is 1.63. The third-order valence-electron chi connectivity index (χ3n) is 4.05. The van der Waals surface area contributed by atoms with E-state index in [1.807, 2.05) is 45.0 Å². The lowest BCUT2D eigenvalue weighted by molar-refractivity contribution is 0.248. The number of nitrogens with zero attached hydrogens (tertiary/aromatic N) is 4. The van der Waals surface area contributed by atoms with Crippen molar-refractivity contribution in [3.8, 4) is 0 Å². The number of anilines is 1. The SMILES string of the molecule is CCC(NC(=O)Nc1cccc(Cn2cncn2)c1)c1nc(C)c(C)s1. The molecular formula is C18H22N6OS. The number of carbonyl (C=O) groups is 1. The van der Waals surface area contributed by atoms with E-state index in [0.717, 1.165) is 28.4 Å². The first-order chi connectivity index (χ1) is 12.5. The molecule has 2 amide bonds. The van der Waals surface area contributed by atoms with Crippen LogP contribution in [0.15, 0.2) is 36.9 Å². The molecule has 7 nitrogen and oxygen atoms in total. The van der Waals surface area contributed by atoms with Crippen LogP contribution in [-0.2, 0) is 6.54 Å². The summed E-state index contributed by atoms with van der Waals surface area (Å²) in [6.07, 6.45) is 3.95. The summed E-state index contributed by atoms with van der Waals surface area (Å²) in [5, 5.41) is 10.9. The zero-order valence-electron chi connectivity index (χ0n) is 15.1. The molecule has 0 aliphatic heterocycles. The molecular weight excluding hydrogens is 348 g/mol. The Morgan fingerprint density at radius 3 is 2.85 bits per heavy atom. The van der Waals surface area contributed by atoms with Crippen LogP contribution < -0.4 is 10.6 Å². The summed E-state index contributed by atoms with van der Waals surface area (Å²) in [6.45, 7) is 6.68. The van der Waals surface area contributed by atoms with E-state index in [0.29, 0.717) is 6.54 Å². The summed E-state index contributed by atoms with van der Waals surface area (Å²) >= 11 is 1.63. The highest BCUT2D eigenvalue weighted by Crippen LogP contribution is 2.25. The predicted octanol–water partition coefficient (Wildman–Crippen LogP) is 3.67. The van der Waals surface area contributed by atoms with Crippen LogP contribution in [0.4, 0.5) is 10.5 Å². The molecule has 1 unspecified atom stereocenters. The zero-order chi connectivity index (χ0) is 18.5. The number of hydrogen-bond acceptors (Lipinski definition) is 5. The van der Waals surface area contributed by atoms with E-state index in [1.54, 1.807) is 22.3 Å². The van der Waals surface area contributed by atoms with E-state index in [1.165, 1.54) is 11.2 Å². The number of aromatic nitrogens is 4. The van der Waals surface area contributed by atoms with E-state index < -0.39 is 0 Å². The third-order valence-corrected chi connectivity index (χ3v) is 5.24. The molecule has 136 valence electrons. The van der Waals surface area contributed by atoms with Crippen LogP contribution in [0, 0.1) is 13.8 Å². The van der Waals surface area contributed by atoms with Crippen molar-refractivity contribution in [2.24, 2.45) is 0 Å². The molecule has 0 aliphatic carbocycles. The number of urea groups is 1. The zero-order valence-corrected chi connectivity index (χ0v) is 15.9. The first-order valence-electron chi connectivity index (χ1n) is 8.48. The van der Waals surface area contributed by atoms with Crippen LogP contribution in [0.25, 0.3) is 0 Å². The molecule has 2 aromatic heterocycles. The van der Waals surface area contributed by atoms with Gasteiger partial charge in [-0.2, -0.15) is 5.10 Å². The van der Waals surface area contributed by atoms with Crippen molar-refractivity contribution in [2.75, 3.05) is 5.32 Å². The minimum atomic E-state index is -0.236. The lowest BCUT2D eigenvalue weighted by Crippen LogP contribution is -2.32. The molecule has 1 atom stereocenters. The van der Waals surface area contributed by atoms with Crippen molar-refractivity contribution in [1.82, 2.24) is 25.1 Å². The van der Waals surface area contributed by atoms with Crippen LogP contribution >= 0.6 is 11.3 Å². The van der Waals surface area contributed by atoms with Gasteiger partial charge in [0.1, 0.15) is 17.7 Å². The lowest BCUT2D eigenvalue weighted by Gasteiger charge is -2.15. The number of thiazole rings is 1. The maximum Gasteiger partial charge on any atom is 0.319 e. The largest absolute Gasteiger partial charge is 0.329 e. The smallest absolute Gasteiger partial charge is 0.319 e. The Morgan fingerprint density at radius 2 is 2.19 bits per heavy atom. The number of benzene rings is 1. The molecule has 3 rings (SSSR count). The van der Waals surface area contributed by atoms with Gasteiger partial charge >= 0.3 is 6.03 Å². The van der Waals surface area contributed by atoms with Gasteiger partial charge < -0.3 is 10.6 Å². The van der Waals surface area contributed by atoms with E-state index >= 15 is 0 Å². The maximum atomic E-state index is 12.4. The average molecular weight is 370 g/mol. The molecule has 2 N–H and O–H groups in total. The Bertz CT molecular complexity index is 854. The molecule has 2 heterocycles. The second kappa shape index (κ2) is 8.09. The van der Waals surface area contributed by atoms with Crippen LogP contribution in [0.1, 0.15) is 40.5 Å². The van der Waals surface area contributed by atoms with Gasteiger partial charge in [-0.05, 0) is 38.0 Å². The molecule has 0 radical (unpaired) electrons. The molecule has 1 aromatic carbocycles. The summed E-state index contributed by atoms with van der Waals surface area (Å²) in [4.78, 5) is 22.1. The molecule has 0 saturated carbocycles. The molecule has 26 heavy (non-hydrogen) atoms. The van der Waals surface area contributed by atoms with Crippen molar-refractivity contribution >= 4 is 23.1 Å². The fourth-order valence-corrected chi connectivity index (χ4v) is 3.62. The minimum absolute atomic E-state index is 0.0919. The van der Waals surface area contributed by atoms with Gasteiger partial charge in [-0.15, -0.1) is 11.3 Å². The quantitative estimate of drug-likeness (QED) is 0.693. The van der Waals surface area contributed by atoms with Crippen LogP contribution in [-0.4, -0.2) is 25.8 Å². The number of nitrogens with one attached hydrogen (secondary N) is 2.